The van der Waals surface area contributed by atoms with E-state index >= 15 is 0 Å². The molecule has 3 nitrogen and oxygen atoms in total. The summed E-state index contributed by atoms with van der Waals surface area (Å²) in [6, 6.07) is 9.13. The van der Waals surface area contributed by atoms with Crippen molar-refractivity contribution < 1.29 is 14.6 Å². The largest absolute Gasteiger partial charge is 0.452 e. The quantitative estimate of drug-likeness (QED) is 0.713. The van der Waals surface area contributed by atoms with E-state index in [4.69, 9.17) is 4.74 Å². The molecule has 72 valence electrons. The van der Waals surface area contributed by atoms with Crippen LogP contribution in [-0.4, -0.2) is 17.2 Å². The van der Waals surface area contributed by atoms with Gasteiger partial charge in [-0.3, -0.25) is 0 Å². The summed E-state index contributed by atoms with van der Waals surface area (Å²) in [6.07, 6.45) is 1.57. The van der Waals surface area contributed by atoms with Crippen molar-refractivity contribution in [1.29, 1.82) is 0 Å². The van der Waals surface area contributed by atoms with Crippen LogP contribution >= 0.6 is 0 Å². The molecule has 1 N–H and O–H groups in total. The first-order valence-electron chi connectivity index (χ1n) is 4.39. The topological polar surface area (TPSA) is 46.5 Å². The zero-order valence-corrected chi connectivity index (χ0v) is 7.46. The maximum Gasteiger partial charge on any atom is 0.331 e. The summed E-state index contributed by atoms with van der Waals surface area (Å²) in [5.74, 6) is -0.398. The number of carbonyl (C=O) groups is 1. The van der Waals surface area contributed by atoms with Gasteiger partial charge in [0.2, 0.25) is 0 Å². The predicted octanol–water partition coefficient (Wildman–Crippen LogP) is 1.20. The Morgan fingerprint density at radius 1 is 1.29 bits per heavy atom. The second-order valence-corrected chi connectivity index (χ2v) is 3.12. The lowest BCUT2D eigenvalue weighted by Gasteiger charge is -2.16. The smallest absolute Gasteiger partial charge is 0.331 e. The molecule has 0 fully saturated rings. The molecule has 0 bridgehead atoms. The van der Waals surface area contributed by atoms with Crippen molar-refractivity contribution in [2.75, 3.05) is 0 Å². The van der Waals surface area contributed by atoms with E-state index in [-0.39, 0.29) is 0 Å². The normalized spacial score (nSPS) is 22.1. The van der Waals surface area contributed by atoms with E-state index in [1.54, 1.807) is 18.2 Å². The van der Waals surface area contributed by atoms with Crippen molar-refractivity contribution in [1.82, 2.24) is 0 Å². The van der Waals surface area contributed by atoms with Crippen molar-refractivity contribution in [3.05, 3.63) is 48.0 Å². The third-order valence-corrected chi connectivity index (χ3v) is 2.13. The Balaban J connectivity index is 2.13. The highest BCUT2D eigenvalue weighted by Gasteiger charge is 2.25. The third-order valence-electron chi connectivity index (χ3n) is 2.13. The minimum atomic E-state index is -0.779. The van der Waals surface area contributed by atoms with Crippen LogP contribution in [0.25, 0.3) is 0 Å². The molecule has 0 radical (unpaired) electrons. The van der Waals surface area contributed by atoms with Crippen LogP contribution in [0.15, 0.2) is 42.5 Å². The van der Waals surface area contributed by atoms with E-state index in [1.807, 2.05) is 18.2 Å². The maximum atomic E-state index is 10.8. The van der Waals surface area contributed by atoms with Gasteiger partial charge in [0.1, 0.15) is 6.10 Å². The molecule has 1 heterocycles. The summed E-state index contributed by atoms with van der Waals surface area (Å²) in [6.45, 7) is 0. The first-order chi connectivity index (χ1) is 6.77. The first kappa shape index (κ1) is 8.97. The molecule has 0 saturated heterocycles. The predicted molar refractivity (Wildman–Crippen MR) is 50.4 cm³/mol. The molecule has 0 aromatic heterocycles. The highest BCUT2D eigenvalue weighted by atomic mass is 16.6. The zero-order valence-electron chi connectivity index (χ0n) is 7.46. The Bertz CT molecular complexity index is 356. The molecule has 3 heteroatoms. The third kappa shape index (κ3) is 1.67. The van der Waals surface area contributed by atoms with E-state index in [9.17, 15) is 9.90 Å². The van der Waals surface area contributed by atoms with Gasteiger partial charge in [0.25, 0.3) is 0 Å². The minimum Gasteiger partial charge on any atom is -0.452 e. The average molecular weight is 190 g/mol. The van der Waals surface area contributed by atoms with Crippen molar-refractivity contribution in [2.45, 2.75) is 12.2 Å². The van der Waals surface area contributed by atoms with E-state index in [2.05, 4.69) is 0 Å². The minimum absolute atomic E-state index is 0.398. The van der Waals surface area contributed by atoms with E-state index < -0.39 is 18.2 Å². The number of aliphatic hydroxyl groups is 1. The Morgan fingerprint density at radius 2 is 2.00 bits per heavy atom. The van der Waals surface area contributed by atoms with Crippen LogP contribution in [0.5, 0.6) is 0 Å². The van der Waals surface area contributed by atoms with Gasteiger partial charge < -0.3 is 9.84 Å². The zero-order chi connectivity index (χ0) is 9.97. The molecule has 1 aromatic carbocycles. The molecule has 0 amide bonds. The highest BCUT2D eigenvalue weighted by Crippen LogP contribution is 2.22. The average Bonchev–Trinajstić information content (AvgIpc) is 2.65. The first-order valence-corrected chi connectivity index (χ1v) is 4.39. The van der Waals surface area contributed by atoms with Crippen LogP contribution in [-0.2, 0) is 9.53 Å². The fourth-order valence-electron chi connectivity index (χ4n) is 1.40. The second kappa shape index (κ2) is 3.64. The van der Waals surface area contributed by atoms with Crippen molar-refractivity contribution in [3.8, 4) is 0 Å². The summed E-state index contributed by atoms with van der Waals surface area (Å²) in [5.41, 5.74) is 0.747. The van der Waals surface area contributed by atoms with Crippen LogP contribution in [0.4, 0.5) is 0 Å². The van der Waals surface area contributed by atoms with Crippen LogP contribution in [0.2, 0.25) is 0 Å². The van der Waals surface area contributed by atoms with Gasteiger partial charge in [-0.2, -0.15) is 0 Å². The Kier molecular flexibility index (Phi) is 2.33. The summed E-state index contributed by atoms with van der Waals surface area (Å²) in [7, 11) is 0. The molecular formula is C11H10O3. The molecule has 0 spiro atoms. The van der Waals surface area contributed by atoms with Gasteiger partial charge in [-0.1, -0.05) is 30.3 Å². The molecule has 1 unspecified atom stereocenters. The molecule has 2 rings (SSSR count). The van der Waals surface area contributed by atoms with Gasteiger partial charge in [0.05, 0.1) is 0 Å². The van der Waals surface area contributed by atoms with Gasteiger partial charge in [0.15, 0.2) is 6.10 Å². The van der Waals surface area contributed by atoms with Crippen LogP contribution < -0.4 is 0 Å². The molecule has 0 saturated carbocycles. The van der Waals surface area contributed by atoms with Crippen LogP contribution in [0, 0.1) is 0 Å². The number of ether oxygens (including phenoxy) is 1. The number of benzene rings is 1. The lowest BCUT2D eigenvalue weighted by molar-refractivity contribution is -0.142. The molecule has 2 atom stereocenters. The second-order valence-electron chi connectivity index (χ2n) is 3.12. The molecule has 0 aliphatic carbocycles. The van der Waals surface area contributed by atoms with Crippen molar-refractivity contribution in [3.63, 3.8) is 0 Å². The lowest BCUT2D eigenvalue weighted by atomic mass is 10.1. The standard InChI is InChI=1S/C11H10O3/c12-10-7-6-9(14-10)11(13)8-4-2-1-3-5-8/h1-7,9,11,13H/t9-,11?/m0/s1. The van der Waals surface area contributed by atoms with E-state index in [1.165, 1.54) is 6.08 Å². The molecule has 1 aromatic rings. The summed E-state index contributed by atoms with van der Waals surface area (Å²) >= 11 is 0. The van der Waals surface area contributed by atoms with E-state index in [0.29, 0.717) is 0 Å². The van der Waals surface area contributed by atoms with Gasteiger partial charge >= 0.3 is 5.97 Å². The summed E-state index contributed by atoms with van der Waals surface area (Å²) in [5, 5.41) is 9.81. The van der Waals surface area contributed by atoms with Crippen molar-refractivity contribution >= 4 is 5.97 Å². The van der Waals surface area contributed by atoms with E-state index in [0.717, 1.165) is 5.56 Å². The number of carbonyl (C=O) groups excluding carboxylic acids is 1. The maximum absolute atomic E-state index is 10.8. The van der Waals surface area contributed by atoms with Crippen LogP contribution in [0.1, 0.15) is 11.7 Å². The molecule has 1 aliphatic heterocycles. The number of hydrogen-bond acceptors (Lipinski definition) is 3. The molecule has 14 heavy (non-hydrogen) atoms. The number of hydrogen-bond donors (Lipinski definition) is 1. The van der Waals surface area contributed by atoms with Gasteiger partial charge in [-0.15, -0.1) is 0 Å². The summed E-state index contributed by atoms with van der Waals surface area (Å²) < 4.78 is 4.88. The number of aliphatic hydroxyl groups excluding tert-OH is 1. The lowest BCUT2D eigenvalue weighted by Crippen LogP contribution is -2.17. The molecule has 1 aliphatic rings. The number of rotatable bonds is 2. The van der Waals surface area contributed by atoms with Gasteiger partial charge in [-0.05, 0) is 11.6 Å². The van der Waals surface area contributed by atoms with Crippen molar-refractivity contribution in [2.24, 2.45) is 0 Å². The number of esters is 1. The Morgan fingerprint density at radius 3 is 2.57 bits per heavy atom. The fourth-order valence-corrected chi connectivity index (χ4v) is 1.40. The number of cyclic esters (lactones) is 1. The fraction of sp³-hybridized carbons (Fsp3) is 0.182. The van der Waals surface area contributed by atoms with Gasteiger partial charge in [-0.25, -0.2) is 4.79 Å². The Hall–Kier alpha value is -1.61. The molecular weight excluding hydrogens is 180 g/mol. The Labute approximate surface area is 81.6 Å². The SMILES string of the molecule is O=C1C=C[C@@H](C(O)c2ccccc2)O1. The van der Waals surface area contributed by atoms with Gasteiger partial charge in [0, 0.05) is 6.08 Å². The summed E-state index contributed by atoms with van der Waals surface area (Å²) in [4.78, 5) is 10.8. The van der Waals surface area contributed by atoms with Crippen LogP contribution in [0.3, 0.4) is 0 Å². The highest BCUT2D eigenvalue weighted by molar-refractivity contribution is 5.84. The monoisotopic (exact) mass is 190 g/mol.